The first-order chi connectivity index (χ1) is 11.7. The molecule has 2 saturated heterocycles. The molecule has 0 aromatic heterocycles. The van der Waals surface area contributed by atoms with Crippen molar-refractivity contribution in [1.82, 2.24) is 10.2 Å². The third kappa shape index (κ3) is 4.32. The topological polar surface area (TPSA) is 67.6 Å². The molecule has 24 heavy (non-hydrogen) atoms. The molecule has 0 saturated carbocycles. The number of ether oxygens (including phenoxy) is 1. The Morgan fingerprint density at radius 2 is 2.00 bits per heavy atom. The van der Waals surface area contributed by atoms with Gasteiger partial charge in [0.2, 0.25) is 5.91 Å². The SMILES string of the molecule is NC[C@H]1CC[C@@H](C(=O)NC2CCN(Cc3ccccc3F)CC2)O1. The van der Waals surface area contributed by atoms with Crippen molar-refractivity contribution in [2.75, 3.05) is 19.6 Å². The van der Waals surface area contributed by atoms with Gasteiger partial charge >= 0.3 is 0 Å². The van der Waals surface area contributed by atoms with Crippen molar-refractivity contribution in [3.63, 3.8) is 0 Å². The third-order valence-corrected chi connectivity index (χ3v) is 4.95. The molecule has 2 fully saturated rings. The molecule has 1 amide bonds. The molecule has 0 aliphatic carbocycles. The lowest BCUT2D eigenvalue weighted by atomic mass is 10.0. The number of nitrogens with one attached hydrogen (secondary N) is 1. The molecule has 3 N–H and O–H groups in total. The van der Waals surface area contributed by atoms with E-state index in [0.29, 0.717) is 13.1 Å². The number of benzene rings is 1. The smallest absolute Gasteiger partial charge is 0.249 e. The van der Waals surface area contributed by atoms with Crippen molar-refractivity contribution in [3.05, 3.63) is 35.6 Å². The minimum Gasteiger partial charge on any atom is -0.364 e. The third-order valence-electron chi connectivity index (χ3n) is 4.95. The zero-order valence-corrected chi connectivity index (χ0v) is 13.9. The summed E-state index contributed by atoms with van der Waals surface area (Å²) in [6, 6.07) is 7.07. The van der Waals surface area contributed by atoms with E-state index in [9.17, 15) is 9.18 Å². The summed E-state index contributed by atoms with van der Waals surface area (Å²) in [5.74, 6) is -0.167. The van der Waals surface area contributed by atoms with E-state index in [2.05, 4.69) is 10.2 Å². The first-order valence-electron chi connectivity index (χ1n) is 8.77. The number of amides is 1. The molecule has 0 spiro atoms. The van der Waals surface area contributed by atoms with Crippen LogP contribution in [0.1, 0.15) is 31.2 Å². The van der Waals surface area contributed by atoms with Crippen molar-refractivity contribution in [2.24, 2.45) is 5.73 Å². The predicted octanol–water partition coefficient (Wildman–Crippen LogP) is 1.41. The molecular formula is C18H26FN3O2. The van der Waals surface area contributed by atoms with Crippen LogP contribution in [0.2, 0.25) is 0 Å². The fraction of sp³-hybridized carbons (Fsp3) is 0.611. The number of hydrogen-bond acceptors (Lipinski definition) is 4. The van der Waals surface area contributed by atoms with Gasteiger partial charge in [-0.1, -0.05) is 18.2 Å². The Hall–Kier alpha value is -1.50. The molecule has 1 aromatic carbocycles. The second-order valence-corrected chi connectivity index (χ2v) is 6.71. The van der Waals surface area contributed by atoms with E-state index >= 15 is 0 Å². The summed E-state index contributed by atoms with van der Waals surface area (Å²) in [5, 5.41) is 3.10. The molecule has 1 aromatic rings. The minimum absolute atomic E-state index is 0.0153. The van der Waals surface area contributed by atoms with Gasteiger partial charge in [0.05, 0.1) is 6.10 Å². The molecule has 2 aliphatic heterocycles. The summed E-state index contributed by atoms with van der Waals surface area (Å²) in [6.07, 6.45) is 3.04. The van der Waals surface area contributed by atoms with Crippen LogP contribution in [-0.4, -0.2) is 48.7 Å². The van der Waals surface area contributed by atoms with E-state index in [0.717, 1.165) is 44.3 Å². The number of piperidine rings is 1. The summed E-state index contributed by atoms with van der Waals surface area (Å²) >= 11 is 0. The van der Waals surface area contributed by atoms with E-state index in [4.69, 9.17) is 10.5 Å². The summed E-state index contributed by atoms with van der Waals surface area (Å²) in [7, 11) is 0. The maximum absolute atomic E-state index is 13.7. The lowest BCUT2D eigenvalue weighted by Crippen LogP contribution is -2.47. The molecule has 2 atom stereocenters. The number of halogens is 1. The van der Waals surface area contributed by atoms with Gasteiger partial charge in [-0.2, -0.15) is 0 Å². The van der Waals surface area contributed by atoms with Crippen molar-refractivity contribution in [2.45, 2.75) is 50.5 Å². The van der Waals surface area contributed by atoms with E-state index in [-0.39, 0.29) is 30.0 Å². The second kappa shape index (κ2) is 8.05. The highest BCUT2D eigenvalue weighted by Gasteiger charge is 2.31. The number of rotatable bonds is 5. The van der Waals surface area contributed by atoms with Crippen LogP contribution < -0.4 is 11.1 Å². The van der Waals surface area contributed by atoms with Crippen molar-refractivity contribution >= 4 is 5.91 Å². The molecular weight excluding hydrogens is 309 g/mol. The molecule has 5 nitrogen and oxygen atoms in total. The van der Waals surface area contributed by atoms with Crippen molar-refractivity contribution in [1.29, 1.82) is 0 Å². The van der Waals surface area contributed by atoms with Crippen LogP contribution >= 0.6 is 0 Å². The molecule has 3 rings (SSSR count). The van der Waals surface area contributed by atoms with Gasteiger partial charge in [-0.25, -0.2) is 4.39 Å². The van der Waals surface area contributed by atoms with E-state index in [1.807, 2.05) is 12.1 Å². The van der Waals surface area contributed by atoms with Crippen LogP contribution in [0.3, 0.4) is 0 Å². The zero-order valence-electron chi connectivity index (χ0n) is 13.9. The first-order valence-corrected chi connectivity index (χ1v) is 8.77. The Kier molecular flexibility index (Phi) is 5.81. The van der Waals surface area contributed by atoms with Crippen LogP contribution in [0.4, 0.5) is 4.39 Å². The summed E-state index contributed by atoms with van der Waals surface area (Å²) in [6.45, 7) is 2.81. The highest BCUT2D eigenvalue weighted by Crippen LogP contribution is 2.20. The zero-order chi connectivity index (χ0) is 16.9. The Bertz CT molecular complexity index is 561. The van der Waals surface area contributed by atoms with Gasteiger partial charge in [0, 0.05) is 37.8 Å². The van der Waals surface area contributed by atoms with E-state index in [1.165, 1.54) is 6.07 Å². The molecule has 0 bridgehead atoms. The Morgan fingerprint density at radius 1 is 1.25 bits per heavy atom. The van der Waals surface area contributed by atoms with Crippen LogP contribution in [0, 0.1) is 5.82 Å². The number of carbonyl (C=O) groups excluding carboxylic acids is 1. The Balaban J connectivity index is 1.42. The second-order valence-electron chi connectivity index (χ2n) is 6.71. The highest BCUT2D eigenvalue weighted by atomic mass is 19.1. The summed E-state index contributed by atoms with van der Waals surface area (Å²) < 4.78 is 19.4. The fourth-order valence-electron chi connectivity index (χ4n) is 3.47. The maximum Gasteiger partial charge on any atom is 0.249 e. The van der Waals surface area contributed by atoms with Crippen LogP contribution in [-0.2, 0) is 16.1 Å². The van der Waals surface area contributed by atoms with Crippen LogP contribution in [0.15, 0.2) is 24.3 Å². The van der Waals surface area contributed by atoms with Gasteiger partial charge in [-0.05, 0) is 31.7 Å². The number of hydrogen-bond donors (Lipinski definition) is 2. The van der Waals surface area contributed by atoms with E-state index < -0.39 is 0 Å². The molecule has 0 unspecified atom stereocenters. The Morgan fingerprint density at radius 3 is 2.67 bits per heavy atom. The maximum atomic E-state index is 13.7. The summed E-state index contributed by atoms with van der Waals surface area (Å²) in [5.41, 5.74) is 6.31. The average Bonchev–Trinajstić information content (AvgIpc) is 3.08. The molecule has 2 aliphatic rings. The van der Waals surface area contributed by atoms with E-state index in [1.54, 1.807) is 6.07 Å². The van der Waals surface area contributed by atoms with Crippen LogP contribution in [0.5, 0.6) is 0 Å². The minimum atomic E-state index is -0.352. The van der Waals surface area contributed by atoms with Crippen LogP contribution in [0.25, 0.3) is 0 Å². The van der Waals surface area contributed by atoms with Gasteiger partial charge in [-0.3, -0.25) is 9.69 Å². The van der Waals surface area contributed by atoms with Gasteiger partial charge in [0.1, 0.15) is 11.9 Å². The lowest BCUT2D eigenvalue weighted by molar-refractivity contribution is -0.132. The van der Waals surface area contributed by atoms with Gasteiger partial charge < -0.3 is 15.8 Å². The van der Waals surface area contributed by atoms with Crippen molar-refractivity contribution < 1.29 is 13.9 Å². The standard InChI is InChI=1S/C18H26FN3O2/c19-16-4-2-1-3-13(16)12-22-9-7-14(8-10-22)21-18(23)17-6-5-15(11-20)24-17/h1-4,14-15,17H,5-12,20H2,(H,21,23)/t15-,17+/m1/s1. The molecule has 6 heteroatoms. The Labute approximate surface area is 142 Å². The molecule has 2 heterocycles. The normalized spacial score (nSPS) is 25.8. The first kappa shape index (κ1) is 17.3. The number of nitrogens with two attached hydrogens (primary N) is 1. The average molecular weight is 335 g/mol. The lowest BCUT2D eigenvalue weighted by Gasteiger charge is -2.32. The highest BCUT2D eigenvalue weighted by molar-refractivity contribution is 5.81. The van der Waals surface area contributed by atoms with Gasteiger partial charge in [0.15, 0.2) is 0 Å². The van der Waals surface area contributed by atoms with Gasteiger partial charge in [0.25, 0.3) is 0 Å². The van der Waals surface area contributed by atoms with Crippen molar-refractivity contribution in [3.8, 4) is 0 Å². The number of carbonyl (C=O) groups is 1. The summed E-state index contributed by atoms with van der Waals surface area (Å²) in [4.78, 5) is 14.5. The number of nitrogens with zero attached hydrogens (tertiary/aromatic N) is 1. The number of likely N-dealkylation sites (tertiary alicyclic amines) is 1. The van der Waals surface area contributed by atoms with Gasteiger partial charge in [-0.15, -0.1) is 0 Å². The quantitative estimate of drug-likeness (QED) is 0.854. The monoisotopic (exact) mass is 335 g/mol. The predicted molar refractivity (Wildman–Crippen MR) is 89.8 cm³/mol. The molecule has 132 valence electrons. The fourth-order valence-corrected chi connectivity index (χ4v) is 3.47. The largest absolute Gasteiger partial charge is 0.364 e. The molecule has 0 radical (unpaired) electrons.